The van der Waals surface area contributed by atoms with Gasteiger partial charge in [-0.05, 0) is 18.2 Å². The molecule has 94 valence electrons. The molecule has 0 atom stereocenters. The van der Waals surface area contributed by atoms with Crippen molar-refractivity contribution >= 4 is 40.9 Å². The second-order valence-corrected chi connectivity index (χ2v) is 5.18. The van der Waals surface area contributed by atoms with Gasteiger partial charge in [-0.2, -0.15) is 5.10 Å². The molecule has 0 fully saturated rings. The van der Waals surface area contributed by atoms with Crippen LogP contribution in [0, 0.1) is 0 Å². The lowest BCUT2D eigenvalue weighted by molar-refractivity contribution is -0.137. The number of fused-ring (bicyclic) bond motifs is 1. The number of nitrogens with two attached hydrogens (primary N) is 1. The van der Waals surface area contributed by atoms with Crippen LogP contribution in [0.3, 0.4) is 0 Å². The molecule has 18 heavy (non-hydrogen) atoms. The van der Waals surface area contributed by atoms with Gasteiger partial charge in [0.1, 0.15) is 0 Å². The minimum Gasteiger partial charge on any atom is -0.361 e. The summed E-state index contributed by atoms with van der Waals surface area (Å²) in [4.78, 5) is 22.7. The van der Waals surface area contributed by atoms with E-state index in [1.807, 2.05) is 6.07 Å². The minimum absolute atomic E-state index is 0.602. The van der Waals surface area contributed by atoms with Crippen LogP contribution in [0.5, 0.6) is 0 Å². The first-order valence-corrected chi connectivity index (χ1v) is 6.53. The van der Waals surface area contributed by atoms with E-state index in [0.29, 0.717) is 17.2 Å². The number of primary amides is 1. The van der Waals surface area contributed by atoms with Gasteiger partial charge in [-0.3, -0.25) is 9.59 Å². The number of halogens is 1. The summed E-state index contributed by atoms with van der Waals surface area (Å²) in [5.74, 6) is -1.12. The predicted molar refractivity (Wildman–Crippen MR) is 70.7 cm³/mol. The number of hydrogen-bond acceptors (Lipinski definition) is 4. The topological polar surface area (TPSA) is 84.5 Å². The molecule has 0 aliphatic carbocycles. The van der Waals surface area contributed by atoms with Crippen LogP contribution < -0.4 is 11.2 Å². The van der Waals surface area contributed by atoms with Gasteiger partial charge < -0.3 is 5.73 Å². The van der Waals surface area contributed by atoms with Crippen molar-refractivity contribution in [3.63, 3.8) is 0 Å². The van der Waals surface area contributed by atoms with E-state index in [2.05, 4.69) is 10.5 Å². The number of nitrogens with zero attached hydrogens (tertiary/aromatic N) is 1. The molecule has 0 aromatic heterocycles. The van der Waals surface area contributed by atoms with Gasteiger partial charge in [0.2, 0.25) is 0 Å². The van der Waals surface area contributed by atoms with Crippen LogP contribution in [0.25, 0.3) is 0 Å². The van der Waals surface area contributed by atoms with E-state index in [1.54, 1.807) is 23.9 Å². The maximum absolute atomic E-state index is 11.0. The molecule has 2 rings (SSSR count). The molecular weight excluding hydrogens is 274 g/mol. The molecule has 0 radical (unpaired) electrons. The Labute approximate surface area is 113 Å². The Kier molecular flexibility index (Phi) is 3.88. The highest BCUT2D eigenvalue weighted by atomic mass is 35.5. The number of hydrogen-bond donors (Lipinski definition) is 2. The standard InChI is InChI=1S/C11H10ClN3O2S/c12-6-1-2-9-7(5-6)8(3-4-18-9)14-15-11(17)10(13)16/h1-2,5H,3-4H2,(H2,13,16)(H,15,17)/b14-8-. The molecule has 0 saturated carbocycles. The average molecular weight is 284 g/mol. The zero-order valence-corrected chi connectivity index (χ0v) is 10.8. The summed E-state index contributed by atoms with van der Waals surface area (Å²) in [6, 6.07) is 5.50. The number of thioether (sulfide) groups is 1. The zero-order valence-electron chi connectivity index (χ0n) is 9.27. The fourth-order valence-corrected chi connectivity index (χ4v) is 2.72. The second kappa shape index (κ2) is 5.41. The highest BCUT2D eigenvalue weighted by Crippen LogP contribution is 2.31. The summed E-state index contributed by atoms with van der Waals surface area (Å²) >= 11 is 7.63. The van der Waals surface area contributed by atoms with E-state index < -0.39 is 11.8 Å². The van der Waals surface area contributed by atoms with Gasteiger partial charge in [-0.15, -0.1) is 11.8 Å². The number of benzene rings is 1. The molecule has 0 saturated heterocycles. The van der Waals surface area contributed by atoms with Gasteiger partial charge in [0.05, 0.1) is 5.71 Å². The zero-order chi connectivity index (χ0) is 13.1. The van der Waals surface area contributed by atoms with E-state index in [4.69, 9.17) is 17.3 Å². The lowest BCUT2D eigenvalue weighted by Crippen LogP contribution is -2.33. The van der Waals surface area contributed by atoms with Crippen molar-refractivity contribution < 1.29 is 9.59 Å². The van der Waals surface area contributed by atoms with Crippen LogP contribution in [-0.4, -0.2) is 23.3 Å². The molecule has 1 aromatic rings. The Balaban J connectivity index is 2.26. The third-order valence-electron chi connectivity index (χ3n) is 2.37. The molecular formula is C11H10ClN3O2S. The highest BCUT2D eigenvalue weighted by Gasteiger charge is 2.17. The lowest BCUT2D eigenvalue weighted by atomic mass is 10.1. The van der Waals surface area contributed by atoms with Crippen molar-refractivity contribution in [2.24, 2.45) is 10.8 Å². The number of nitrogens with one attached hydrogen (secondary N) is 1. The Morgan fingerprint density at radius 3 is 2.94 bits per heavy atom. The predicted octanol–water partition coefficient (Wildman–Crippen LogP) is 1.14. The largest absolute Gasteiger partial charge is 0.361 e. The van der Waals surface area contributed by atoms with Crippen molar-refractivity contribution in [1.29, 1.82) is 0 Å². The first kappa shape index (κ1) is 12.9. The molecule has 5 nitrogen and oxygen atoms in total. The molecule has 0 spiro atoms. The summed E-state index contributed by atoms with van der Waals surface area (Å²) in [6.45, 7) is 0. The number of hydrazone groups is 1. The van der Waals surface area contributed by atoms with E-state index in [-0.39, 0.29) is 0 Å². The van der Waals surface area contributed by atoms with Crippen molar-refractivity contribution in [1.82, 2.24) is 5.43 Å². The van der Waals surface area contributed by atoms with Gasteiger partial charge in [0.15, 0.2) is 0 Å². The van der Waals surface area contributed by atoms with E-state index in [0.717, 1.165) is 16.2 Å². The Morgan fingerprint density at radius 1 is 1.44 bits per heavy atom. The van der Waals surface area contributed by atoms with Crippen LogP contribution >= 0.6 is 23.4 Å². The lowest BCUT2D eigenvalue weighted by Gasteiger charge is -2.17. The Hall–Kier alpha value is -1.53. The van der Waals surface area contributed by atoms with Crippen LogP contribution in [0.4, 0.5) is 0 Å². The summed E-state index contributed by atoms with van der Waals surface area (Å²) in [5.41, 5.74) is 8.53. The Morgan fingerprint density at radius 2 is 2.22 bits per heavy atom. The average Bonchev–Trinajstić information content (AvgIpc) is 2.35. The molecule has 3 N–H and O–H groups in total. The Bertz CT molecular complexity index is 545. The maximum Gasteiger partial charge on any atom is 0.329 e. The van der Waals surface area contributed by atoms with Crippen molar-refractivity contribution in [3.8, 4) is 0 Å². The second-order valence-electron chi connectivity index (χ2n) is 3.60. The molecule has 7 heteroatoms. The van der Waals surface area contributed by atoms with E-state index >= 15 is 0 Å². The van der Waals surface area contributed by atoms with Crippen LogP contribution in [0.2, 0.25) is 5.02 Å². The van der Waals surface area contributed by atoms with Crippen LogP contribution in [0.1, 0.15) is 12.0 Å². The number of rotatable bonds is 1. The maximum atomic E-state index is 11.0. The summed E-state index contributed by atoms with van der Waals surface area (Å²) < 4.78 is 0. The van der Waals surface area contributed by atoms with Gasteiger partial charge in [0.25, 0.3) is 0 Å². The molecule has 2 amide bonds. The monoisotopic (exact) mass is 283 g/mol. The van der Waals surface area contributed by atoms with Gasteiger partial charge in [-0.1, -0.05) is 11.6 Å². The third-order valence-corrected chi connectivity index (χ3v) is 3.68. The van der Waals surface area contributed by atoms with Crippen molar-refractivity contribution in [2.75, 3.05) is 5.75 Å². The molecule has 1 aromatic carbocycles. The summed E-state index contributed by atoms with van der Waals surface area (Å²) in [7, 11) is 0. The van der Waals surface area contributed by atoms with Gasteiger partial charge in [-0.25, -0.2) is 5.43 Å². The molecule has 1 aliphatic rings. The highest BCUT2D eigenvalue weighted by molar-refractivity contribution is 7.99. The summed E-state index contributed by atoms with van der Waals surface area (Å²) in [6.07, 6.45) is 0.692. The minimum atomic E-state index is -1.06. The first-order valence-electron chi connectivity index (χ1n) is 5.17. The summed E-state index contributed by atoms with van der Waals surface area (Å²) in [5, 5.41) is 4.53. The van der Waals surface area contributed by atoms with E-state index in [1.165, 1.54) is 0 Å². The number of carbonyl (C=O) groups excluding carboxylic acids is 2. The fraction of sp³-hybridized carbons (Fsp3) is 0.182. The van der Waals surface area contributed by atoms with Gasteiger partial charge >= 0.3 is 11.8 Å². The molecule has 0 unspecified atom stereocenters. The fourth-order valence-electron chi connectivity index (χ4n) is 1.54. The van der Waals surface area contributed by atoms with Gasteiger partial charge in [0, 0.05) is 27.7 Å². The molecule has 1 aliphatic heterocycles. The molecule has 1 heterocycles. The van der Waals surface area contributed by atoms with Crippen molar-refractivity contribution in [2.45, 2.75) is 11.3 Å². The van der Waals surface area contributed by atoms with Crippen LogP contribution in [-0.2, 0) is 9.59 Å². The number of amides is 2. The normalized spacial score (nSPS) is 16.2. The number of carbonyl (C=O) groups is 2. The van der Waals surface area contributed by atoms with Crippen molar-refractivity contribution in [3.05, 3.63) is 28.8 Å². The quantitative estimate of drug-likeness (QED) is 0.599. The first-order chi connectivity index (χ1) is 8.58. The van der Waals surface area contributed by atoms with E-state index in [9.17, 15) is 9.59 Å². The third kappa shape index (κ3) is 2.83. The smallest absolute Gasteiger partial charge is 0.329 e. The van der Waals surface area contributed by atoms with Crippen LogP contribution in [0.15, 0.2) is 28.2 Å². The molecule has 0 bridgehead atoms. The SMILES string of the molecule is NC(=O)C(=O)N/N=C1/CCSc2ccc(Cl)cc21.